The summed E-state index contributed by atoms with van der Waals surface area (Å²) in [4.78, 5) is 12.3. The molecule has 108 valence electrons. The standard InChI is InChI=1S/C20H16O2/c1-2-18-14-10-5-3-4-6-11-15-19(18)20(21)22-16-17-12-8-7-9-13-17/h1,3-15H,16H2. The van der Waals surface area contributed by atoms with E-state index in [-0.39, 0.29) is 6.61 Å². The zero-order chi connectivity index (χ0) is 15.6. The summed E-state index contributed by atoms with van der Waals surface area (Å²) in [6.45, 7) is 0.217. The zero-order valence-electron chi connectivity index (χ0n) is 12.1. The fourth-order valence-corrected chi connectivity index (χ4v) is 1.84. The second-order valence-corrected chi connectivity index (χ2v) is 4.52. The number of ether oxygens (including phenoxy) is 1. The molecule has 0 fully saturated rings. The lowest BCUT2D eigenvalue weighted by Crippen LogP contribution is -2.06. The lowest BCUT2D eigenvalue weighted by atomic mass is 10.1. The molecule has 2 nitrogen and oxygen atoms in total. The molecule has 0 N–H and O–H groups in total. The van der Waals surface area contributed by atoms with Crippen LogP contribution in [0.15, 0.2) is 78.9 Å². The molecule has 0 aliphatic rings. The first-order valence-electron chi connectivity index (χ1n) is 6.91. The van der Waals surface area contributed by atoms with Crippen LogP contribution in [0.25, 0.3) is 0 Å². The molecule has 0 bridgehead atoms. The summed E-state index contributed by atoms with van der Waals surface area (Å²) in [5.74, 6) is 2.10. The Bertz CT molecular complexity index is 726. The van der Waals surface area contributed by atoms with Crippen LogP contribution in [0.2, 0.25) is 0 Å². The van der Waals surface area contributed by atoms with Gasteiger partial charge < -0.3 is 4.74 Å². The molecule has 0 saturated heterocycles. The van der Waals surface area contributed by atoms with E-state index in [2.05, 4.69) is 5.92 Å². The molecule has 0 spiro atoms. The SMILES string of the molecule is C#Cc1ccccccccc1C(=O)OCc1ccccc1. The molecule has 2 aromatic carbocycles. The van der Waals surface area contributed by atoms with Crippen LogP contribution in [0.1, 0.15) is 21.5 Å². The molecule has 22 heavy (non-hydrogen) atoms. The highest BCUT2D eigenvalue weighted by atomic mass is 16.5. The van der Waals surface area contributed by atoms with Crippen LogP contribution >= 0.6 is 0 Å². The summed E-state index contributed by atoms with van der Waals surface area (Å²) >= 11 is 0. The van der Waals surface area contributed by atoms with Crippen LogP contribution in [0.3, 0.4) is 0 Å². The van der Waals surface area contributed by atoms with Gasteiger partial charge in [0.25, 0.3) is 0 Å². The van der Waals surface area contributed by atoms with Crippen molar-refractivity contribution in [3.8, 4) is 12.3 Å². The first-order valence-corrected chi connectivity index (χ1v) is 6.91. The predicted octanol–water partition coefficient (Wildman–Crippen LogP) is 4.15. The number of hydrogen-bond donors (Lipinski definition) is 0. The predicted molar refractivity (Wildman–Crippen MR) is 87.6 cm³/mol. The summed E-state index contributed by atoms with van der Waals surface area (Å²) in [6, 6.07) is 23.9. The summed E-state index contributed by atoms with van der Waals surface area (Å²) in [7, 11) is 0. The average Bonchev–Trinajstić information content (AvgIpc) is 2.57. The van der Waals surface area contributed by atoms with Crippen LogP contribution < -0.4 is 0 Å². The number of benzene rings is 1. The molecule has 0 amide bonds. The van der Waals surface area contributed by atoms with E-state index in [4.69, 9.17) is 11.2 Å². The van der Waals surface area contributed by atoms with Crippen molar-refractivity contribution in [1.82, 2.24) is 0 Å². The third-order valence-corrected chi connectivity index (χ3v) is 2.96. The van der Waals surface area contributed by atoms with Crippen LogP contribution in [0, 0.1) is 12.3 Å². The molecule has 0 aliphatic carbocycles. The third-order valence-electron chi connectivity index (χ3n) is 2.96. The molecule has 2 aromatic rings. The van der Waals surface area contributed by atoms with Crippen molar-refractivity contribution in [3.05, 3.63) is 95.6 Å². The lowest BCUT2D eigenvalue weighted by molar-refractivity contribution is 0.0472. The molecule has 0 saturated carbocycles. The normalized spacial score (nSPS) is 9.23. The summed E-state index contributed by atoms with van der Waals surface area (Å²) in [6.07, 6.45) is 5.51. The first-order chi connectivity index (χ1) is 10.8. The van der Waals surface area contributed by atoms with E-state index in [1.165, 1.54) is 0 Å². The molecular formula is C20H16O2. The van der Waals surface area contributed by atoms with Crippen LogP contribution in [0.4, 0.5) is 0 Å². The molecule has 0 aliphatic heterocycles. The maximum atomic E-state index is 12.3. The van der Waals surface area contributed by atoms with Gasteiger partial charge in [0, 0.05) is 5.56 Å². The van der Waals surface area contributed by atoms with E-state index in [9.17, 15) is 4.79 Å². The van der Waals surface area contributed by atoms with Gasteiger partial charge in [-0.25, -0.2) is 4.79 Å². The van der Waals surface area contributed by atoms with E-state index < -0.39 is 5.97 Å². The fraction of sp³-hybridized carbons (Fsp3) is 0.0500. The van der Waals surface area contributed by atoms with Gasteiger partial charge in [-0.05, 0) is 17.7 Å². The van der Waals surface area contributed by atoms with Gasteiger partial charge >= 0.3 is 5.97 Å². The molecule has 0 unspecified atom stereocenters. The third kappa shape index (κ3) is 4.50. The highest BCUT2D eigenvalue weighted by molar-refractivity contribution is 5.92. The van der Waals surface area contributed by atoms with Crippen molar-refractivity contribution in [2.24, 2.45) is 0 Å². The van der Waals surface area contributed by atoms with E-state index >= 15 is 0 Å². The summed E-state index contributed by atoms with van der Waals surface area (Å²) < 4.78 is 5.35. The molecule has 2 rings (SSSR count). The number of rotatable bonds is 3. The summed E-state index contributed by atoms with van der Waals surface area (Å²) in [5, 5.41) is 0. The topological polar surface area (TPSA) is 26.3 Å². The van der Waals surface area contributed by atoms with Crippen molar-refractivity contribution < 1.29 is 9.53 Å². The lowest BCUT2D eigenvalue weighted by Gasteiger charge is -2.05. The van der Waals surface area contributed by atoms with Crippen molar-refractivity contribution in [2.45, 2.75) is 6.61 Å². The Kier molecular flexibility index (Phi) is 5.78. The maximum absolute atomic E-state index is 12.3. The van der Waals surface area contributed by atoms with Crippen molar-refractivity contribution in [2.75, 3.05) is 0 Å². The Balaban J connectivity index is 2.27. The molecule has 2 heteroatoms. The van der Waals surface area contributed by atoms with Gasteiger partial charge in [-0.3, -0.25) is 0 Å². The number of terminal acetylenes is 1. The second-order valence-electron chi connectivity index (χ2n) is 4.52. The Labute approximate surface area is 130 Å². The van der Waals surface area contributed by atoms with E-state index in [1.54, 1.807) is 24.3 Å². The van der Waals surface area contributed by atoms with Gasteiger partial charge in [-0.2, -0.15) is 0 Å². The smallest absolute Gasteiger partial charge is 0.339 e. The monoisotopic (exact) mass is 288 g/mol. The van der Waals surface area contributed by atoms with Crippen molar-refractivity contribution >= 4 is 5.97 Å². The molecular weight excluding hydrogens is 272 g/mol. The number of esters is 1. The number of hydrogen-bond acceptors (Lipinski definition) is 2. The van der Waals surface area contributed by atoms with Crippen LogP contribution in [0.5, 0.6) is 0 Å². The Morgan fingerprint density at radius 3 is 2.09 bits per heavy atom. The molecule has 0 atom stereocenters. The largest absolute Gasteiger partial charge is 0.457 e. The minimum absolute atomic E-state index is 0.217. The van der Waals surface area contributed by atoms with Gasteiger partial charge in [0.1, 0.15) is 6.61 Å². The minimum atomic E-state index is -0.435. The van der Waals surface area contributed by atoms with Crippen molar-refractivity contribution in [3.63, 3.8) is 0 Å². The molecule has 0 radical (unpaired) electrons. The van der Waals surface area contributed by atoms with Gasteiger partial charge in [-0.1, -0.05) is 72.7 Å². The fourth-order valence-electron chi connectivity index (χ4n) is 1.84. The minimum Gasteiger partial charge on any atom is -0.457 e. The first kappa shape index (κ1) is 15.3. The van der Waals surface area contributed by atoms with E-state index in [0.29, 0.717) is 11.1 Å². The highest BCUT2D eigenvalue weighted by Gasteiger charge is 2.09. The van der Waals surface area contributed by atoms with Gasteiger partial charge in [0.05, 0.1) is 5.56 Å². The second kappa shape index (κ2) is 8.28. The summed E-state index contributed by atoms with van der Waals surface area (Å²) in [5.41, 5.74) is 1.80. The highest BCUT2D eigenvalue weighted by Crippen LogP contribution is 2.09. The van der Waals surface area contributed by atoms with Gasteiger partial charge in [0.2, 0.25) is 0 Å². The van der Waals surface area contributed by atoms with Crippen LogP contribution in [-0.2, 0) is 11.3 Å². The molecule has 0 aromatic heterocycles. The van der Waals surface area contributed by atoms with E-state index in [1.807, 2.05) is 54.6 Å². The quantitative estimate of drug-likeness (QED) is 0.626. The van der Waals surface area contributed by atoms with Crippen LogP contribution in [-0.4, -0.2) is 5.97 Å². The number of carbonyl (C=O) groups is 1. The van der Waals surface area contributed by atoms with Gasteiger partial charge in [0.15, 0.2) is 0 Å². The number of carbonyl (C=O) groups excluding carboxylic acids is 1. The Morgan fingerprint density at radius 1 is 0.864 bits per heavy atom. The average molecular weight is 288 g/mol. The maximum Gasteiger partial charge on any atom is 0.339 e. The molecule has 0 heterocycles. The Morgan fingerprint density at radius 2 is 1.41 bits per heavy atom. The Hall–Kier alpha value is -3.05. The van der Waals surface area contributed by atoms with E-state index in [0.717, 1.165) is 5.56 Å². The van der Waals surface area contributed by atoms with Gasteiger partial charge in [-0.15, -0.1) is 6.42 Å². The zero-order valence-corrected chi connectivity index (χ0v) is 12.1. The van der Waals surface area contributed by atoms with Crippen molar-refractivity contribution in [1.29, 1.82) is 0 Å².